The number of pyridine rings is 1. The van der Waals surface area contributed by atoms with Gasteiger partial charge in [-0.3, -0.25) is 4.79 Å². The summed E-state index contributed by atoms with van der Waals surface area (Å²) in [6.45, 7) is 6.91. The molecule has 118 valence electrons. The van der Waals surface area contributed by atoms with Crippen LogP contribution in [0, 0.1) is 5.92 Å². The van der Waals surface area contributed by atoms with Crippen molar-refractivity contribution in [3.63, 3.8) is 0 Å². The minimum atomic E-state index is -0.0388. The molecular weight excluding hydrogens is 264 g/mol. The van der Waals surface area contributed by atoms with Crippen molar-refractivity contribution < 1.29 is 4.79 Å². The van der Waals surface area contributed by atoms with Crippen molar-refractivity contribution in [3.8, 4) is 0 Å². The average molecular weight is 292 g/mol. The fourth-order valence-electron chi connectivity index (χ4n) is 1.86. The van der Waals surface area contributed by atoms with Gasteiger partial charge in [0.1, 0.15) is 5.82 Å². The zero-order valence-electron chi connectivity index (χ0n) is 13.6. The number of carbonyl (C=O) groups excluding carboxylic acids is 1. The Hall–Kier alpha value is -1.62. The van der Waals surface area contributed by atoms with Gasteiger partial charge in [0.05, 0.1) is 0 Å². The number of anilines is 1. The van der Waals surface area contributed by atoms with E-state index in [2.05, 4.69) is 34.4 Å². The van der Waals surface area contributed by atoms with E-state index in [1.807, 2.05) is 20.2 Å². The zero-order chi connectivity index (χ0) is 15.7. The lowest BCUT2D eigenvalue weighted by atomic mass is 10.1. The Labute approximate surface area is 128 Å². The Bertz CT molecular complexity index is 432. The van der Waals surface area contributed by atoms with Gasteiger partial charge in [-0.05, 0) is 51.5 Å². The highest BCUT2D eigenvalue weighted by Crippen LogP contribution is 2.08. The van der Waals surface area contributed by atoms with Crippen molar-refractivity contribution in [3.05, 3.63) is 23.9 Å². The van der Waals surface area contributed by atoms with Crippen LogP contribution in [-0.4, -0.2) is 49.5 Å². The summed E-state index contributed by atoms with van der Waals surface area (Å²) in [5, 5.41) is 6.19. The van der Waals surface area contributed by atoms with Gasteiger partial charge in [0.2, 0.25) is 0 Å². The summed E-state index contributed by atoms with van der Waals surface area (Å²) in [6.07, 6.45) is 3.71. The Morgan fingerprint density at radius 3 is 2.76 bits per heavy atom. The third-order valence-electron chi connectivity index (χ3n) is 3.12. The van der Waals surface area contributed by atoms with E-state index in [1.54, 1.807) is 12.3 Å². The van der Waals surface area contributed by atoms with Crippen LogP contribution in [0.2, 0.25) is 0 Å². The molecule has 1 amide bonds. The van der Waals surface area contributed by atoms with E-state index in [0.29, 0.717) is 18.0 Å². The van der Waals surface area contributed by atoms with Gasteiger partial charge in [-0.1, -0.05) is 13.8 Å². The van der Waals surface area contributed by atoms with Gasteiger partial charge in [-0.15, -0.1) is 0 Å². The van der Waals surface area contributed by atoms with Crippen LogP contribution in [0.5, 0.6) is 0 Å². The molecule has 1 heterocycles. The molecule has 0 bridgehead atoms. The zero-order valence-corrected chi connectivity index (χ0v) is 13.6. The van der Waals surface area contributed by atoms with Crippen LogP contribution >= 0.6 is 0 Å². The van der Waals surface area contributed by atoms with E-state index in [0.717, 1.165) is 31.7 Å². The first kappa shape index (κ1) is 17.4. The van der Waals surface area contributed by atoms with Crippen LogP contribution in [-0.2, 0) is 0 Å². The third kappa shape index (κ3) is 7.66. The Balaban J connectivity index is 2.41. The van der Waals surface area contributed by atoms with Crippen LogP contribution in [0.15, 0.2) is 18.3 Å². The molecule has 0 radical (unpaired) electrons. The Morgan fingerprint density at radius 1 is 1.33 bits per heavy atom. The number of aromatic nitrogens is 1. The van der Waals surface area contributed by atoms with E-state index < -0.39 is 0 Å². The van der Waals surface area contributed by atoms with Crippen molar-refractivity contribution in [2.45, 2.75) is 26.7 Å². The molecule has 0 aromatic carbocycles. The lowest BCUT2D eigenvalue weighted by Gasteiger charge is -2.11. The Kier molecular flexibility index (Phi) is 7.75. The summed E-state index contributed by atoms with van der Waals surface area (Å²) in [5.74, 6) is 1.38. The second-order valence-electron chi connectivity index (χ2n) is 5.95. The molecule has 1 aromatic rings. The molecule has 0 aliphatic rings. The number of nitrogens with zero attached hydrogens (tertiary/aromatic N) is 2. The molecule has 0 saturated carbocycles. The first-order valence-corrected chi connectivity index (χ1v) is 7.62. The largest absolute Gasteiger partial charge is 0.370 e. The standard InChI is InChI=1S/C16H28N4O/c1-13(2)6-9-17-15-12-14(7-10-18-15)16(21)19-8-5-11-20(3)4/h7,10,12-13H,5-6,8-9,11H2,1-4H3,(H,17,18)(H,19,21). The van der Waals surface area contributed by atoms with Crippen molar-refractivity contribution >= 4 is 11.7 Å². The summed E-state index contributed by atoms with van der Waals surface area (Å²) < 4.78 is 0. The van der Waals surface area contributed by atoms with Crippen LogP contribution in [0.3, 0.4) is 0 Å². The van der Waals surface area contributed by atoms with Gasteiger partial charge in [0.25, 0.3) is 5.91 Å². The summed E-state index contributed by atoms with van der Waals surface area (Å²) in [7, 11) is 4.06. The minimum Gasteiger partial charge on any atom is -0.370 e. The highest BCUT2D eigenvalue weighted by molar-refractivity contribution is 5.94. The number of hydrogen-bond donors (Lipinski definition) is 2. The predicted molar refractivity (Wildman–Crippen MR) is 87.7 cm³/mol. The molecule has 21 heavy (non-hydrogen) atoms. The first-order valence-electron chi connectivity index (χ1n) is 7.62. The van der Waals surface area contributed by atoms with Gasteiger partial charge < -0.3 is 15.5 Å². The van der Waals surface area contributed by atoms with Crippen LogP contribution < -0.4 is 10.6 Å². The molecule has 0 atom stereocenters. The maximum absolute atomic E-state index is 12.0. The summed E-state index contributed by atoms with van der Waals surface area (Å²) in [5.41, 5.74) is 0.655. The molecule has 0 spiro atoms. The fourth-order valence-corrected chi connectivity index (χ4v) is 1.86. The fraction of sp³-hybridized carbons (Fsp3) is 0.625. The number of amides is 1. The SMILES string of the molecule is CC(C)CCNc1cc(C(=O)NCCCN(C)C)ccn1. The molecule has 5 heteroatoms. The molecular formula is C16H28N4O. The second kappa shape index (κ2) is 9.34. The van der Waals surface area contributed by atoms with Crippen LogP contribution in [0.4, 0.5) is 5.82 Å². The highest BCUT2D eigenvalue weighted by Gasteiger charge is 2.06. The van der Waals surface area contributed by atoms with Crippen LogP contribution in [0.25, 0.3) is 0 Å². The molecule has 0 fully saturated rings. The topological polar surface area (TPSA) is 57.3 Å². The quantitative estimate of drug-likeness (QED) is 0.685. The monoisotopic (exact) mass is 292 g/mol. The van der Waals surface area contributed by atoms with E-state index in [4.69, 9.17) is 0 Å². The molecule has 2 N–H and O–H groups in total. The molecule has 0 aliphatic heterocycles. The average Bonchev–Trinajstić information content (AvgIpc) is 2.43. The van der Waals surface area contributed by atoms with Crippen molar-refractivity contribution in [1.29, 1.82) is 0 Å². The number of carbonyl (C=O) groups is 1. The van der Waals surface area contributed by atoms with Crippen molar-refractivity contribution in [2.75, 3.05) is 39.0 Å². The van der Waals surface area contributed by atoms with E-state index >= 15 is 0 Å². The van der Waals surface area contributed by atoms with Crippen LogP contribution in [0.1, 0.15) is 37.0 Å². The van der Waals surface area contributed by atoms with Crippen molar-refractivity contribution in [1.82, 2.24) is 15.2 Å². The number of nitrogens with one attached hydrogen (secondary N) is 2. The molecule has 0 aliphatic carbocycles. The van der Waals surface area contributed by atoms with Gasteiger partial charge in [0.15, 0.2) is 0 Å². The first-order chi connectivity index (χ1) is 9.99. The highest BCUT2D eigenvalue weighted by atomic mass is 16.1. The molecule has 1 aromatic heterocycles. The van der Waals surface area contributed by atoms with Gasteiger partial charge >= 0.3 is 0 Å². The van der Waals surface area contributed by atoms with E-state index in [9.17, 15) is 4.79 Å². The van der Waals surface area contributed by atoms with Gasteiger partial charge in [-0.25, -0.2) is 4.98 Å². The van der Waals surface area contributed by atoms with E-state index in [-0.39, 0.29) is 5.91 Å². The maximum Gasteiger partial charge on any atom is 0.251 e. The van der Waals surface area contributed by atoms with Gasteiger partial charge in [0, 0.05) is 24.8 Å². The van der Waals surface area contributed by atoms with E-state index in [1.165, 1.54) is 0 Å². The maximum atomic E-state index is 12.0. The molecule has 0 unspecified atom stereocenters. The number of rotatable bonds is 9. The number of hydrogen-bond acceptors (Lipinski definition) is 4. The molecule has 0 saturated heterocycles. The second-order valence-corrected chi connectivity index (χ2v) is 5.95. The van der Waals surface area contributed by atoms with Crippen molar-refractivity contribution in [2.24, 2.45) is 5.92 Å². The summed E-state index contributed by atoms with van der Waals surface area (Å²) in [6, 6.07) is 3.55. The lowest BCUT2D eigenvalue weighted by Crippen LogP contribution is -2.27. The summed E-state index contributed by atoms with van der Waals surface area (Å²) >= 11 is 0. The normalized spacial score (nSPS) is 11.0. The third-order valence-corrected chi connectivity index (χ3v) is 3.12. The lowest BCUT2D eigenvalue weighted by molar-refractivity contribution is 0.0952. The molecule has 1 rings (SSSR count). The smallest absolute Gasteiger partial charge is 0.251 e. The van der Waals surface area contributed by atoms with Gasteiger partial charge in [-0.2, -0.15) is 0 Å². The predicted octanol–water partition coefficient (Wildman–Crippen LogP) is 2.22. The molecule has 5 nitrogen and oxygen atoms in total. The summed E-state index contributed by atoms with van der Waals surface area (Å²) in [4.78, 5) is 18.4. The Morgan fingerprint density at radius 2 is 2.10 bits per heavy atom. The minimum absolute atomic E-state index is 0.0388.